The molecule has 0 spiro atoms. The van der Waals surface area contributed by atoms with E-state index < -0.39 is 61.3 Å². The average molecular weight is 1260 g/mol. The number of phenolic OH excluding ortho intramolecular Hbond substituents is 1. The van der Waals surface area contributed by atoms with Gasteiger partial charge in [-0.05, 0) is 200 Å². The van der Waals surface area contributed by atoms with Crippen molar-refractivity contribution in [2.45, 2.75) is 199 Å². The lowest BCUT2D eigenvalue weighted by molar-refractivity contribution is -0.170. The van der Waals surface area contributed by atoms with Crippen LogP contribution in [0.15, 0.2) is 154 Å². The van der Waals surface area contributed by atoms with E-state index in [1.807, 2.05) is 95.2 Å². The molecule has 3 heterocycles. The van der Waals surface area contributed by atoms with E-state index in [0.717, 1.165) is 18.6 Å². The summed E-state index contributed by atoms with van der Waals surface area (Å²) in [5.41, 5.74) is -2.69. The van der Waals surface area contributed by atoms with Crippen LogP contribution in [0.3, 0.4) is 0 Å². The van der Waals surface area contributed by atoms with Crippen LogP contribution in [-0.2, 0) is 63.9 Å². The van der Waals surface area contributed by atoms with Gasteiger partial charge in [0.15, 0.2) is 43.1 Å². The normalized spacial score (nSPS) is 18.2. The van der Waals surface area contributed by atoms with E-state index in [1.54, 1.807) is 31.2 Å². The highest BCUT2D eigenvalue weighted by Gasteiger charge is 2.65. The maximum atomic E-state index is 13.0. The van der Waals surface area contributed by atoms with Crippen LogP contribution in [-0.4, -0.2) is 89.3 Å². The molecule has 0 saturated carbocycles. The summed E-state index contributed by atoms with van der Waals surface area (Å²) in [6, 6.07) is 45.4. The molecule has 6 atom stereocenters. The Morgan fingerprint density at radius 2 is 0.943 bits per heavy atom. The summed E-state index contributed by atoms with van der Waals surface area (Å²) in [5.74, 6) is -0.106. The Morgan fingerprint density at radius 3 is 1.32 bits per heavy atom. The highest BCUT2D eigenvalue weighted by molar-refractivity contribution is 7.97. The van der Waals surface area contributed by atoms with Gasteiger partial charge in [0.25, 0.3) is 0 Å². The molecule has 20 heteroatoms. The fraction of sp³-hybridized carbons (Fsp3) is 0.485. The lowest BCUT2D eigenvalue weighted by atomic mass is 9.87. The minimum absolute atomic E-state index is 0.0146. The topological polar surface area (TPSA) is 227 Å². The van der Waals surface area contributed by atoms with Gasteiger partial charge in [0, 0.05) is 0 Å². The number of halogens is 2. The predicted molar refractivity (Wildman–Crippen MR) is 331 cm³/mol. The van der Waals surface area contributed by atoms with Crippen LogP contribution in [0, 0.1) is 27.6 Å². The van der Waals surface area contributed by atoms with Crippen molar-refractivity contribution in [1.82, 2.24) is 0 Å². The molecule has 0 aromatic heterocycles. The van der Waals surface area contributed by atoms with E-state index >= 15 is 0 Å². The second-order valence-corrected chi connectivity index (χ2v) is 28.4. The molecule has 3 aliphatic rings. The molecule has 8 rings (SSSR count). The maximum Gasteiger partial charge on any atom is 0.369 e. The number of carbonyl (C=O) groups excluding carboxylic acids is 5. The molecular formula is C68H88F2O16S2. The zero-order chi connectivity index (χ0) is 66.2. The molecule has 3 fully saturated rings. The largest absolute Gasteiger partial charge is 0.743 e. The number of carbonyl (C=O) groups is 5. The third-order valence-electron chi connectivity index (χ3n) is 15.3. The van der Waals surface area contributed by atoms with Gasteiger partial charge in [0.05, 0.1) is 44.6 Å². The van der Waals surface area contributed by atoms with E-state index in [1.165, 1.54) is 40.7 Å². The summed E-state index contributed by atoms with van der Waals surface area (Å²) >= 11 is 0. The first-order chi connectivity index (χ1) is 40.8. The van der Waals surface area contributed by atoms with Gasteiger partial charge in [-0.1, -0.05) is 82.3 Å². The van der Waals surface area contributed by atoms with Crippen LogP contribution in [0.25, 0.3) is 0 Å². The average Bonchev–Trinajstić information content (AvgIpc) is 1.93. The lowest BCUT2D eigenvalue weighted by Gasteiger charge is -2.29. The number of esters is 5. The van der Waals surface area contributed by atoms with Gasteiger partial charge in [0.2, 0.25) is 0 Å². The van der Waals surface area contributed by atoms with Crippen molar-refractivity contribution in [2.24, 2.45) is 27.6 Å². The molecular weight excluding hydrogens is 1170 g/mol. The summed E-state index contributed by atoms with van der Waals surface area (Å²) in [6.45, 7) is 28.2. The molecule has 482 valence electrons. The lowest BCUT2D eigenvalue weighted by Crippen LogP contribution is -2.44. The van der Waals surface area contributed by atoms with E-state index in [0.29, 0.717) is 37.7 Å². The Balaban J connectivity index is 0.000000236. The smallest absolute Gasteiger partial charge is 0.369 e. The minimum Gasteiger partial charge on any atom is -0.743 e. The van der Waals surface area contributed by atoms with Gasteiger partial charge < -0.3 is 42.8 Å². The van der Waals surface area contributed by atoms with Gasteiger partial charge in [-0.3, -0.25) is 24.0 Å². The van der Waals surface area contributed by atoms with Crippen molar-refractivity contribution in [2.75, 3.05) is 0 Å². The van der Waals surface area contributed by atoms with E-state index in [2.05, 4.69) is 95.7 Å². The molecule has 88 heavy (non-hydrogen) atoms. The number of fused-ring (bicyclic) bond motifs is 1. The number of phenols is 1. The highest BCUT2D eigenvalue weighted by Crippen LogP contribution is 2.48. The molecule has 2 bridgehead atoms. The molecule has 6 unspecified atom stereocenters. The van der Waals surface area contributed by atoms with Gasteiger partial charge >= 0.3 is 35.1 Å². The first-order valence-electron chi connectivity index (χ1n) is 29.4. The SMILES string of the molecule is CCC(C)(C)C(=O)OC(C)C(F)(F)S(=O)(=O)[O-].CCC(C)(C)C(=O)OC1C2CC3C(=O)OC1C3O2.CCC(C)(C)C(=O)Oc1ccc(O)cc1.CCC(C)(C)C(=O)Oc1ccc(OC(C)(C)C)cc1.c1ccc([S+](c2ccccc2)c2ccccc2)cc1. The number of ether oxygens (including phenoxy) is 7. The standard InChI is InChI=1S/C18H15S.C16H24O3.C13H18O5.C12H16O3.C9H16F2O5S/c1-4-10-16(11-5-1)19(17-12-6-2-7-13-17)18-14-8-3-9-15-18;1-7-16(5,6)14(17)18-12-8-10-13(11-9-12)19-15(2,3)4;1-4-13(2,3)12(15)18-9-7-5-6-8(16-7)10(9)17-11(6)14;1-4-12(2,3)11(14)15-10-7-5-9(13)6-8-10;1-5-8(3,4)7(12)16-6(2)9(10,11)17(13,14)15/h1-15H;8-11H,7H2,1-6H3;6-10H,4-5H2,1-3H3;5-8,13H,4H2,1-3H3;6H,5H2,1-4H3,(H,13,14,15)/q+1;;;;/p-1. The van der Waals surface area contributed by atoms with Gasteiger partial charge in [-0.25, -0.2) is 8.42 Å². The Morgan fingerprint density at radius 1 is 0.580 bits per heavy atom. The number of aromatic hydroxyl groups is 1. The second-order valence-electron chi connectivity index (χ2n) is 25.0. The molecule has 3 saturated heterocycles. The van der Waals surface area contributed by atoms with Crippen LogP contribution in [0.5, 0.6) is 23.0 Å². The number of benzene rings is 5. The molecule has 5 aromatic rings. The van der Waals surface area contributed by atoms with Crippen LogP contribution >= 0.6 is 0 Å². The Labute approximate surface area is 521 Å². The van der Waals surface area contributed by atoms with Crippen molar-refractivity contribution in [1.29, 1.82) is 0 Å². The fourth-order valence-electron chi connectivity index (χ4n) is 7.85. The fourth-order valence-corrected chi connectivity index (χ4v) is 10.4. The van der Waals surface area contributed by atoms with Gasteiger partial charge in [0.1, 0.15) is 34.7 Å². The van der Waals surface area contributed by atoms with E-state index in [9.17, 15) is 45.7 Å². The van der Waals surface area contributed by atoms with Crippen LogP contribution in [0.2, 0.25) is 0 Å². The van der Waals surface area contributed by atoms with Crippen molar-refractivity contribution in [3.05, 3.63) is 140 Å². The summed E-state index contributed by atoms with van der Waals surface area (Å²) < 4.78 is 93.9. The van der Waals surface area contributed by atoms with E-state index in [4.69, 9.17) is 33.5 Å². The number of rotatable bonds is 18. The van der Waals surface area contributed by atoms with Crippen LogP contribution in [0.4, 0.5) is 8.78 Å². The zero-order valence-corrected chi connectivity index (χ0v) is 55.1. The van der Waals surface area contributed by atoms with Crippen LogP contribution in [0.1, 0.15) is 143 Å². The maximum absolute atomic E-state index is 13.0. The molecule has 0 amide bonds. The predicted octanol–water partition coefficient (Wildman–Crippen LogP) is 14.3. The molecule has 0 radical (unpaired) electrons. The summed E-state index contributed by atoms with van der Waals surface area (Å²) in [7, 11) is -5.87. The van der Waals surface area contributed by atoms with E-state index in [-0.39, 0.29) is 64.2 Å². The quantitative estimate of drug-likeness (QED) is 0.0283. The van der Waals surface area contributed by atoms with Crippen molar-refractivity contribution >= 4 is 50.9 Å². The number of alkyl halides is 2. The monoisotopic (exact) mass is 1260 g/mol. The van der Waals surface area contributed by atoms with Crippen molar-refractivity contribution in [3.8, 4) is 23.0 Å². The first-order valence-corrected chi connectivity index (χ1v) is 32.0. The molecule has 3 aliphatic heterocycles. The second kappa shape index (κ2) is 31.0. The first kappa shape index (κ1) is 73.6. The minimum atomic E-state index is -5.86. The van der Waals surface area contributed by atoms with Crippen molar-refractivity contribution < 1.29 is 84.0 Å². The van der Waals surface area contributed by atoms with Gasteiger partial charge in [-0.15, -0.1) is 0 Å². The van der Waals surface area contributed by atoms with Crippen LogP contribution < -0.4 is 14.2 Å². The molecule has 0 aliphatic carbocycles. The summed E-state index contributed by atoms with van der Waals surface area (Å²) in [6.07, 6.45) is -0.379. The Bertz CT molecular complexity index is 3070. The van der Waals surface area contributed by atoms with Gasteiger partial charge in [-0.2, -0.15) is 8.78 Å². The van der Waals surface area contributed by atoms with Crippen molar-refractivity contribution in [3.63, 3.8) is 0 Å². The highest BCUT2D eigenvalue weighted by atomic mass is 32.2. The third kappa shape index (κ3) is 20.6. The Hall–Kier alpha value is -6.87. The number of hydrogen-bond acceptors (Lipinski definition) is 16. The number of hydrogen-bond donors (Lipinski definition) is 1. The molecule has 16 nitrogen and oxygen atoms in total. The molecule has 1 N–H and O–H groups in total. The third-order valence-corrected chi connectivity index (χ3v) is 18.5. The summed E-state index contributed by atoms with van der Waals surface area (Å²) in [4.78, 5) is 62.7. The Kier molecular flexibility index (Phi) is 26.0. The zero-order valence-electron chi connectivity index (χ0n) is 53.4. The summed E-state index contributed by atoms with van der Waals surface area (Å²) in [5, 5.41) is 4.42. The molecule has 5 aromatic carbocycles.